The third-order valence-corrected chi connectivity index (χ3v) is 5.41. The second-order valence-electron chi connectivity index (χ2n) is 7.29. The first-order valence-electron chi connectivity index (χ1n) is 9.15. The second kappa shape index (κ2) is 7.72. The molecular formula is C20H27N3O2. The number of piperidine rings is 1. The number of nitrogens with zero attached hydrogens (tertiary/aromatic N) is 1. The first kappa shape index (κ1) is 17.5. The van der Waals surface area contributed by atoms with E-state index in [1.165, 1.54) is 12.8 Å². The standard InChI is InChI=1S/C20H27N3O2/c21-18(24)17-7-4-6-16(14-17)8-12-22-19(25)23-13-5-11-20(15-23)9-2-1-3-10-20/h1-2,4,6-7,14H,3,5,8-13,15H2,(H2,21,24)(H,22,25)/t20-/m0/s1. The van der Waals surface area contributed by atoms with Gasteiger partial charge >= 0.3 is 6.03 Å². The van der Waals surface area contributed by atoms with Crippen LogP contribution in [0.4, 0.5) is 4.79 Å². The highest BCUT2D eigenvalue weighted by atomic mass is 16.2. The van der Waals surface area contributed by atoms with Crippen molar-refractivity contribution in [1.29, 1.82) is 0 Å². The fourth-order valence-electron chi connectivity index (χ4n) is 4.00. The SMILES string of the molecule is NC(=O)c1cccc(CCNC(=O)N2CCC[C@@]3(CC=CCC3)C2)c1. The third kappa shape index (κ3) is 4.41. The van der Waals surface area contributed by atoms with Crippen LogP contribution in [0.2, 0.25) is 0 Å². The van der Waals surface area contributed by atoms with E-state index in [0.29, 0.717) is 23.9 Å². The molecule has 0 bridgehead atoms. The number of nitrogens with two attached hydrogens (primary N) is 1. The molecule has 1 spiro atoms. The number of nitrogens with one attached hydrogen (secondary N) is 1. The summed E-state index contributed by atoms with van der Waals surface area (Å²) in [5, 5.41) is 3.02. The van der Waals surface area contributed by atoms with Crippen LogP contribution in [0.3, 0.4) is 0 Å². The molecule has 25 heavy (non-hydrogen) atoms. The highest BCUT2D eigenvalue weighted by molar-refractivity contribution is 5.92. The highest BCUT2D eigenvalue weighted by Crippen LogP contribution is 2.40. The maximum absolute atomic E-state index is 12.5. The summed E-state index contributed by atoms with van der Waals surface area (Å²) in [5.41, 5.74) is 7.11. The van der Waals surface area contributed by atoms with Crippen LogP contribution in [-0.2, 0) is 6.42 Å². The molecule has 0 unspecified atom stereocenters. The van der Waals surface area contributed by atoms with Gasteiger partial charge in [-0.25, -0.2) is 4.79 Å². The van der Waals surface area contributed by atoms with Crippen molar-refractivity contribution in [3.05, 3.63) is 47.5 Å². The molecule has 3 rings (SSSR count). The van der Waals surface area contributed by atoms with Crippen LogP contribution in [0.5, 0.6) is 0 Å². The lowest BCUT2D eigenvalue weighted by atomic mass is 9.71. The summed E-state index contributed by atoms with van der Waals surface area (Å²) in [7, 11) is 0. The normalized spacial score (nSPS) is 22.8. The first-order valence-corrected chi connectivity index (χ1v) is 9.15. The minimum absolute atomic E-state index is 0.0275. The van der Waals surface area contributed by atoms with Crippen molar-refractivity contribution in [2.45, 2.75) is 38.5 Å². The van der Waals surface area contributed by atoms with Gasteiger partial charge in [0.05, 0.1) is 0 Å². The molecule has 134 valence electrons. The second-order valence-corrected chi connectivity index (χ2v) is 7.29. The van der Waals surface area contributed by atoms with E-state index < -0.39 is 5.91 Å². The van der Waals surface area contributed by atoms with Crippen molar-refractivity contribution in [1.82, 2.24) is 10.2 Å². The molecule has 1 heterocycles. The molecule has 1 aliphatic heterocycles. The van der Waals surface area contributed by atoms with E-state index in [9.17, 15) is 9.59 Å². The summed E-state index contributed by atoms with van der Waals surface area (Å²) in [6.45, 7) is 2.26. The van der Waals surface area contributed by atoms with E-state index in [2.05, 4.69) is 17.5 Å². The molecule has 1 atom stereocenters. The molecule has 0 radical (unpaired) electrons. The van der Waals surface area contributed by atoms with Gasteiger partial charge in [0.2, 0.25) is 5.91 Å². The Bertz CT molecular complexity index is 671. The Balaban J connectivity index is 1.50. The Labute approximate surface area is 149 Å². The van der Waals surface area contributed by atoms with Crippen molar-refractivity contribution in [3.8, 4) is 0 Å². The maximum Gasteiger partial charge on any atom is 0.317 e. The summed E-state index contributed by atoms with van der Waals surface area (Å²) >= 11 is 0. The summed E-state index contributed by atoms with van der Waals surface area (Å²) in [6.07, 6.45) is 10.9. The Kier molecular flexibility index (Phi) is 5.41. The number of hydrogen-bond donors (Lipinski definition) is 2. The Morgan fingerprint density at radius 2 is 2.12 bits per heavy atom. The first-order chi connectivity index (χ1) is 12.1. The predicted molar refractivity (Wildman–Crippen MR) is 98.3 cm³/mol. The van der Waals surface area contributed by atoms with Crippen LogP contribution in [0.1, 0.15) is 48.0 Å². The minimum atomic E-state index is -0.425. The van der Waals surface area contributed by atoms with Gasteiger partial charge in [0.25, 0.3) is 0 Å². The third-order valence-electron chi connectivity index (χ3n) is 5.41. The van der Waals surface area contributed by atoms with Gasteiger partial charge in [-0.1, -0.05) is 24.3 Å². The summed E-state index contributed by atoms with van der Waals surface area (Å²) in [6, 6.07) is 7.29. The monoisotopic (exact) mass is 341 g/mol. The lowest BCUT2D eigenvalue weighted by molar-refractivity contribution is 0.0961. The zero-order valence-electron chi connectivity index (χ0n) is 14.7. The van der Waals surface area contributed by atoms with E-state index in [4.69, 9.17) is 5.73 Å². The van der Waals surface area contributed by atoms with Crippen molar-refractivity contribution in [2.75, 3.05) is 19.6 Å². The minimum Gasteiger partial charge on any atom is -0.366 e. The summed E-state index contributed by atoms with van der Waals surface area (Å²) in [4.78, 5) is 25.7. The number of likely N-dealkylation sites (tertiary alicyclic amines) is 1. The van der Waals surface area contributed by atoms with Crippen molar-refractivity contribution >= 4 is 11.9 Å². The van der Waals surface area contributed by atoms with Crippen molar-refractivity contribution in [3.63, 3.8) is 0 Å². The molecule has 3 N–H and O–H groups in total. The van der Waals surface area contributed by atoms with Gasteiger partial charge in [0.1, 0.15) is 0 Å². The van der Waals surface area contributed by atoms with Gasteiger partial charge in [-0.2, -0.15) is 0 Å². The lowest BCUT2D eigenvalue weighted by Gasteiger charge is -2.43. The number of benzene rings is 1. The fourth-order valence-corrected chi connectivity index (χ4v) is 4.00. The van der Waals surface area contributed by atoms with Gasteiger partial charge in [-0.15, -0.1) is 0 Å². The Morgan fingerprint density at radius 3 is 2.88 bits per heavy atom. The van der Waals surface area contributed by atoms with Crippen LogP contribution < -0.4 is 11.1 Å². The van der Waals surface area contributed by atoms with Crippen molar-refractivity contribution in [2.24, 2.45) is 11.1 Å². The molecule has 2 aliphatic rings. The lowest BCUT2D eigenvalue weighted by Crippen LogP contribution is -2.50. The Hall–Kier alpha value is -2.30. The molecule has 1 fully saturated rings. The summed E-state index contributed by atoms with van der Waals surface area (Å²) in [5.74, 6) is -0.425. The molecule has 1 aliphatic carbocycles. The number of urea groups is 1. The molecule has 1 aromatic rings. The van der Waals surface area contributed by atoms with Crippen LogP contribution >= 0.6 is 0 Å². The molecule has 0 aromatic heterocycles. The average Bonchev–Trinajstić information content (AvgIpc) is 2.62. The number of amides is 3. The van der Waals surface area contributed by atoms with Gasteiger partial charge in [0, 0.05) is 25.2 Å². The largest absolute Gasteiger partial charge is 0.366 e. The van der Waals surface area contributed by atoms with Crippen LogP contribution in [0.15, 0.2) is 36.4 Å². The zero-order valence-corrected chi connectivity index (χ0v) is 14.7. The molecule has 3 amide bonds. The molecule has 1 aromatic carbocycles. The smallest absolute Gasteiger partial charge is 0.317 e. The topological polar surface area (TPSA) is 75.4 Å². The molecule has 0 saturated carbocycles. The fraction of sp³-hybridized carbons (Fsp3) is 0.500. The average molecular weight is 341 g/mol. The quantitative estimate of drug-likeness (QED) is 0.826. The van der Waals surface area contributed by atoms with Gasteiger partial charge in [0.15, 0.2) is 0 Å². The number of hydrogen-bond acceptors (Lipinski definition) is 2. The molecule has 5 heteroatoms. The predicted octanol–water partition coefficient (Wildman–Crippen LogP) is 2.86. The van der Waals surface area contributed by atoms with Gasteiger partial charge in [-0.3, -0.25) is 4.79 Å². The Morgan fingerprint density at radius 1 is 1.24 bits per heavy atom. The van der Waals surface area contributed by atoms with E-state index in [-0.39, 0.29) is 6.03 Å². The van der Waals surface area contributed by atoms with Crippen LogP contribution in [0, 0.1) is 5.41 Å². The zero-order chi connectivity index (χ0) is 17.7. The number of carbonyl (C=O) groups excluding carboxylic acids is 2. The van der Waals surface area contributed by atoms with E-state index in [1.807, 2.05) is 17.0 Å². The molecular weight excluding hydrogens is 314 g/mol. The summed E-state index contributed by atoms with van der Waals surface area (Å²) < 4.78 is 0. The van der Waals surface area contributed by atoms with E-state index in [0.717, 1.165) is 37.9 Å². The molecule has 1 saturated heterocycles. The highest BCUT2D eigenvalue weighted by Gasteiger charge is 2.36. The van der Waals surface area contributed by atoms with Crippen LogP contribution in [-0.4, -0.2) is 36.5 Å². The number of primary amides is 1. The van der Waals surface area contributed by atoms with E-state index >= 15 is 0 Å². The maximum atomic E-state index is 12.5. The van der Waals surface area contributed by atoms with Crippen LogP contribution in [0.25, 0.3) is 0 Å². The number of allylic oxidation sites excluding steroid dienone is 2. The van der Waals surface area contributed by atoms with Crippen molar-refractivity contribution < 1.29 is 9.59 Å². The number of carbonyl (C=O) groups is 2. The van der Waals surface area contributed by atoms with Gasteiger partial charge in [-0.05, 0) is 61.6 Å². The number of rotatable bonds is 4. The van der Waals surface area contributed by atoms with E-state index in [1.54, 1.807) is 12.1 Å². The van der Waals surface area contributed by atoms with Gasteiger partial charge < -0.3 is 16.0 Å². The molecule has 5 nitrogen and oxygen atoms in total.